The van der Waals surface area contributed by atoms with Gasteiger partial charge in [-0.3, -0.25) is 4.79 Å². The number of nitrogens with zero attached hydrogens (tertiary/aromatic N) is 1. The van der Waals surface area contributed by atoms with Crippen molar-refractivity contribution in [2.24, 2.45) is 0 Å². The van der Waals surface area contributed by atoms with E-state index in [0.29, 0.717) is 17.1 Å². The fraction of sp³-hybridized carbons (Fsp3) is 0.600. The molecule has 1 rings (SSSR count). The van der Waals surface area contributed by atoms with Gasteiger partial charge in [-0.2, -0.15) is 0 Å². The first kappa shape index (κ1) is 15.1. The molecule has 1 aromatic heterocycles. The molecule has 0 amide bonds. The number of ether oxygens (including phenoxy) is 1. The Balaban J connectivity index is 2.89. The van der Waals surface area contributed by atoms with Crippen LogP contribution in [0, 0.1) is 0 Å². The summed E-state index contributed by atoms with van der Waals surface area (Å²) in [5.74, 6) is -1.02. The van der Waals surface area contributed by atoms with Crippen molar-refractivity contribution in [1.82, 2.24) is 4.98 Å². The normalized spacial score (nSPS) is 11.7. The Morgan fingerprint density at radius 3 is 2.67 bits per heavy atom. The zero-order valence-corrected chi connectivity index (χ0v) is 11.8. The predicted molar refractivity (Wildman–Crippen MR) is 67.3 cm³/mol. The molecule has 0 aromatic carbocycles. The summed E-state index contributed by atoms with van der Waals surface area (Å²) in [5, 5.41) is 9.12. The minimum atomic E-state index is -3.14. The maximum absolute atomic E-state index is 11.2. The molecule has 0 aliphatic rings. The van der Waals surface area contributed by atoms with Crippen molar-refractivity contribution >= 4 is 27.1 Å². The van der Waals surface area contributed by atoms with Crippen LogP contribution in [-0.2, 0) is 38.1 Å². The van der Waals surface area contributed by atoms with Gasteiger partial charge in [0.2, 0.25) is 0 Å². The van der Waals surface area contributed by atoms with E-state index in [1.165, 1.54) is 18.4 Å². The van der Waals surface area contributed by atoms with Crippen LogP contribution in [0.2, 0.25) is 0 Å². The average Bonchev–Trinajstić information content (AvgIpc) is 2.55. The third-order valence-corrected chi connectivity index (χ3v) is 4.19. The highest BCUT2D eigenvalue weighted by Crippen LogP contribution is 2.22. The van der Waals surface area contributed by atoms with Gasteiger partial charge in [0.1, 0.15) is 10.8 Å². The van der Waals surface area contributed by atoms with Gasteiger partial charge in [-0.15, -0.1) is 11.3 Å². The topological polar surface area (TPSA) is 93.6 Å². The lowest BCUT2D eigenvalue weighted by Crippen LogP contribution is -2.01. The number of thiazole rings is 1. The maximum Gasteiger partial charge on any atom is 0.303 e. The molecular weight excluding hydrogens is 278 g/mol. The van der Waals surface area contributed by atoms with Crippen LogP contribution in [0.25, 0.3) is 0 Å². The average molecular weight is 293 g/mol. The molecule has 0 aliphatic heterocycles. The zero-order chi connectivity index (χ0) is 13.8. The van der Waals surface area contributed by atoms with Crippen LogP contribution in [0.4, 0.5) is 0 Å². The van der Waals surface area contributed by atoms with E-state index in [4.69, 9.17) is 9.84 Å². The second-order valence-corrected chi connectivity index (χ2v) is 7.18. The van der Waals surface area contributed by atoms with E-state index in [1.807, 2.05) is 0 Å². The van der Waals surface area contributed by atoms with Crippen LogP contribution in [0.1, 0.15) is 22.0 Å². The van der Waals surface area contributed by atoms with E-state index in [0.717, 1.165) is 11.1 Å². The molecule has 0 saturated heterocycles. The van der Waals surface area contributed by atoms with E-state index in [2.05, 4.69) is 4.98 Å². The number of carboxylic acids is 1. The zero-order valence-electron chi connectivity index (χ0n) is 10.2. The summed E-state index contributed by atoms with van der Waals surface area (Å²) < 4.78 is 27.3. The summed E-state index contributed by atoms with van der Waals surface area (Å²) in [6, 6.07) is 0. The molecule has 0 saturated carbocycles. The SMILES string of the molecule is COCc1nc(CS(C)(=O)=O)sc1CCC(=O)O. The quantitative estimate of drug-likeness (QED) is 0.801. The Kier molecular flexibility index (Phi) is 5.24. The lowest BCUT2D eigenvalue weighted by molar-refractivity contribution is -0.136. The molecule has 8 heteroatoms. The number of aliphatic carboxylic acids is 1. The van der Waals surface area contributed by atoms with Crippen LogP contribution >= 0.6 is 11.3 Å². The number of sulfone groups is 1. The third-order valence-electron chi connectivity index (χ3n) is 2.06. The van der Waals surface area contributed by atoms with E-state index in [1.54, 1.807) is 0 Å². The van der Waals surface area contributed by atoms with Gasteiger partial charge >= 0.3 is 5.97 Å². The maximum atomic E-state index is 11.2. The number of carboxylic acid groups (broad SMARTS) is 1. The van der Waals surface area contributed by atoms with Crippen molar-refractivity contribution in [2.75, 3.05) is 13.4 Å². The van der Waals surface area contributed by atoms with Crippen molar-refractivity contribution in [2.45, 2.75) is 25.2 Å². The lowest BCUT2D eigenvalue weighted by atomic mass is 10.2. The summed E-state index contributed by atoms with van der Waals surface area (Å²) >= 11 is 1.23. The number of rotatable bonds is 7. The van der Waals surface area contributed by atoms with E-state index < -0.39 is 15.8 Å². The number of aromatic nitrogens is 1. The van der Waals surface area contributed by atoms with Crippen molar-refractivity contribution in [3.8, 4) is 0 Å². The summed E-state index contributed by atoms with van der Waals surface area (Å²) in [5.41, 5.74) is 0.627. The standard InChI is InChI=1S/C10H15NO5S2/c1-16-5-7-8(3-4-10(12)13)17-9(11-7)6-18(2,14)15/h3-6H2,1-2H3,(H,12,13). The van der Waals surface area contributed by atoms with Gasteiger partial charge in [-0.05, 0) is 6.42 Å². The molecule has 1 aromatic rings. The fourth-order valence-electron chi connectivity index (χ4n) is 1.39. The number of carbonyl (C=O) groups is 1. The Morgan fingerprint density at radius 1 is 1.50 bits per heavy atom. The van der Waals surface area contributed by atoms with E-state index in [-0.39, 0.29) is 18.8 Å². The second kappa shape index (κ2) is 6.26. The molecule has 1 N–H and O–H groups in total. The Hall–Kier alpha value is -0.990. The Bertz CT molecular complexity index is 520. The number of hydrogen-bond donors (Lipinski definition) is 1. The summed E-state index contributed by atoms with van der Waals surface area (Å²) in [4.78, 5) is 15.5. The van der Waals surface area contributed by atoms with Crippen LogP contribution in [0.3, 0.4) is 0 Å². The molecule has 0 atom stereocenters. The summed E-state index contributed by atoms with van der Waals surface area (Å²) in [6.45, 7) is 0.259. The molecule has 18 heavy (non-hydrogen) atoms. The lowest BCUT2D eigenvalue weighted by Gasteiger charge is -1.98. The molecule has 102 valence electrons. The van der Waals surface area contributed by atoms with Crippen molar-refractivity contribution < 1.29 is 23.1 Å². The largest absolute Gasteiger partial charge is 0.481 e. The number of methoxy groups -OCH3 is 1. The van der Waals surface area contributed by atoms with E-state index >= 15 is 0 Å². The first-order valence-corrected chi connectivity index (χ1v) is 8.05. The molecule has 0 spiro atoms. The molecule has 0 radical (unpaired) electrons. The number of hydrogen-bond acceptors (Lipinski definition) is 6. The minimum absolute atomic E-state index is 0.00276. The highest BCUT2D eigenvalue weighted by Gasteiger charge is 2.15. The summed E-state index contributed by atoms with van der Waals surface area (Å²) in [6.07, 6.45) is 1.48. The van der Waals surface area contributed by atoms with Gasteiger partial charge in [0.05, 0.1) is 18.7 Å². The molecule has 0 aliphatic carbocycles. The van der Waals surface area contributed by atoms with Crippen LogP contribution in [-0.4, -0.2) is 37.8 Å². The molecule has 6 nitrogen and oxygen atoms in total. The molecule has 0 fully saturated rings. The highest BCUT2D eigenvalue weighted by molar-refractivity contribution is 7.90. The Morgan fingerprint density at radius 2 is 2.17 bits per heavy atom. The fourth-order valence-corrected chi connectivity index (χ4v) is 3.65. The Labute approximate surface area is 110 Å². The first-order valence-electron chi connectivity index (χ1n) is 5.17. The first-order chi connectivity index (χ1) is 8.31. The molecule has 0 bridgehead atoms. The van der Waals surface area contributed by atoms with Crippen molar-refractivity contribution in [1.29, 1.82) is 0 Å². The molecule has 0 unspecified atom stereocenters. The highest BCUT2D eigenvalue weighted by atomic mass is 32.2. The van der Waals surface area contributed by atoms with Gasteiger partial charge in [0.25, 0.3) is 0 Å². The van der Waals surface area contributed by atoms with E-state index in [9.17, 15) is 13.2 Å². The van der Waals surface area contributed by atoms with Gasteiger partial charge in [-0.1, -0.05) is 0 Å². The second-order valence-electron chi connectivity index (χ2n) is 3.87. The monoisotopic (exact) mass is 293 g/mol. The van der Waals surface area contributed by atoms with Crippen molar-refractivity contribution in [3.63, 3.8) is 0 Å². The van der Waals surface area contributed by atoms with Gasteiger partial charge in [-0.25, -0.2) is 13.4 Å². The number of aryl methyl sites for hydroxylation is 1. The van der Waals surface area contributed by atoms with Gasteiger partial charge < -0.3 is 9.84 Å². The van der Waals surface area contributed by atoms with Crippen LogP contribution in [0.5, 0.6) is 0 Å². The van der Waals surface area contributed by atoms with Crippen molar-refractivity contribution in [3.05, 3.63) is 15.6 Å². The smallest absolute Gasteiger partial charge is 0.303 e. The van der Waals surface area contributed by atoms with Gasteiger partial charge in [0.15, 0.2) is 9.84 Å². The van der Waals surface area contributed by atoms with Crippen LogP contribution in [0.15, 0.2) is 0 Å². The van der Waals surface area contributed by atoms with Crippen LogP contribution < -0.4 is 0 Å². The predicted octanol–water partition coefficient (Wildman–Crippen LogP) is 0.851. The third kappa shape index (κ3) is 5.11. The minimum Gasteiger partial charge on any atom is -0.481 e. The summed E-state index contributed by atoms with van der Waals surface area (Å²) in [7, 11) is -1.63. The molecular formula is C10H15NO5S2. The molecule has 1 heterocycles. The van der Waals surface area contributed by atoms with Gasteiger partial charge in [0, 0.05) is 18.2 Å².